The van der Waals surface area contributed by atoms with Crippen molar-refractivity contribution < 1.29 is 24.3 Å². The van der Waals surface area contributed by atoms with E-state index in [0.29, 0.717) is 6.42 Å². The number of hydrogen-bond donors (Lipinski definition) is 1. The van der Waals surface area contributed by atoms with Crippen molar-refractivity contribution in [3.8, 4) is 0 Å². The highest BCUT2D eigenvalue weighted by Crippen LogP contribution is 2.40. The first-order chi connectivity index (χ1) is 12.4. The van der Waals surface area contributed by atoms with E-state index in [1.54, 1.807) is 0 Å². The van der Waals surface area contributed by atoms with Gasteiger partial charge in [0.2, 0.25) is 0 Å². The van der Waals surface area contributed by atoms with Crippen LogP contribution < -0.4 is 0 Å². The van der Waals surface area contributed by atoms with Gasteiger partial charge in [0.15, 0.2) is 0 Å². The van der Waals surface area contributed by atoms with Gasteiger partial charge in [0.25, 0.3) is 17.7 Å². The molecule has 0 spiro atoms. The number of carbonyl (C=O) groups excluding carboxylic acids is 3. The van der Waals surface area contributed by atoms with E-state index in [2.05, 4.69) is 0 Å². The molecule has 3 aliphatic rings. The number of hydrogen-bond acceptors (Lipinski definition) is 4. The molecule has 1 saturated carbocycles. The Labute approximate surface area is 150 Å². The van der Waals surface area contributed by atoms with Crippen LogP contribution in [0.15, 0.2) is 18.2 Å². The second kappa shape index (κ2) is 5.93. The average Bonchev–Trinajstić information content (AvgIpc) is 3.13. The number of carboxylic acids is 1. The van der Waals surface area contributed by atoms with Crippen molar-refractivity contribution in [2.75, 3.05) is 7.05 Å². The maximum atomic E-state index is 13.1. The van der Waals surface area contributed by atoms with Crippen molar-refractivity contribution in [3.63, 3.8) is 0 Å². The molecule has 1 aromatic carbocycles. The Bertz CT molecular complexity index is 833. The number of imide groups is 1. The van der Waals surface area contributed by atoms with Crippen LogP contribution in [0.2, 0.25) is 0 Å². The topological polar surface area (TPSA) is 95.0 Å². The molecular weight excluding hydrogens is 336 g/mol. The van der Waals surface area contributed by atoms with Gasteiger partial charge in [0.05, 0.1) is 11.1 Å². The zero-order valence-electron chi connectivity index (χ0n) is 14.5. The van der Waals surface area contributed by atoms with E-state index in [9.17, 15) is 24.3 Å². The Kier molecular flexibility index (Phi) is 3.82. The van der Waals surface area contributed by atoms with Crippen LogP contribution in [-0.4, -0.2) is 57.7 Å². The van der Waals surface area contributed by atoms with E-state index < -0.39 is 17.9 Å². The smallest absolute Gasteiger partial charge is 0.326 e. The molecule has 3 unspecified atom stereocenters. The third kappa shape index (κ3) is 2.34. The normalized spacial score (nSPS) is 27.5. The summed E-state index contributed by atoms with van der Waals surface area (Å²) < 4.78 is 0. The molecule has 0 bridgehead atoms. The van der Waals surface area contributed by atoms with Gasteiger partial charge < -0.3 is 10.0 Å². The zero-order valence-corrected chi connectivity index (χ0v) is 14.5. The lowest BCUT2D eigenvalue weighted by molar-refractivity contribution is -0.141. The SMILES string of the molecule is CN1C(=O)c2ccc(C(=O)N3C(C(=O)O)CC4CCCCC43)cc2C1=O. The molecule has 3 amide bonds. The fourth-order valence-corrected chi connectivity index (χ4v) is 4.62. The standard InChI is InChI=1S/C19H20N2O5/c1-20-17(23)12-7-6-11(8-13(12)18(20)24)16(22)21-14-5-3-2-4-10(14)9-15(21)19(25)26/h6-8,10,14-15H,2-5,9H2,1H3,(H,25,26). The van der Waals surface area contributed by atoms with E-state index in [1.807, 2.05) is 0 Å². The fraction of sp³-hybridized carbons (Fsp3) is 0.474. The minimum Gasteiger partial charge on any atom is -0.480 e. The van der Waals surface area contributed by atoms with Gasteiger partial charge in [0.1, 0.15) is 6.04 Å². The predicted molar refractivity (Wildman–Crippen MR) is 90.8 cm³/mol. The van der Waals surface area contributed by atoms with Crippen LogP contribution in [0.4, 0.5) is 0 Å². The van der Waals surface area contributed by atoms with Gasteiger partial charge in [-0.3, -0.25) is 19.3 Å². The Morgan fingerprint density at radius 1 is 1.08 bits per heavy atom. The number of nitrogens with zero attached hydrogens (tertiary/aromatic N) is 2. The maximum absolute atomic E-state index is 13.1. The summed E-state index contributed by atoms with van der Waals surface area (Å²) in [5.74, 6) is -1.96. The molecule has 1 N–H and O–H groups in total. The summed E-state index contributed by atoms with van der Waals surface area (Å²) >= 11 is 0. The Balaban J connectivity index is 1.70. The molecule has 0 radical (unpaired) electrons. The van der Waals surface area contributed by atoms with Gasteiger partial charge in [0, 0.05) is 18.7 Å². The highest BCUT2D eigenvalue weighted by molar-refractivity contribution is 6.21. The highest BCUT2D eigenvalue weighted by Gasteiger charge is 2.48. The van der Waals surface area contributed by atoms with E-state index in [0.717, 1.165) is 30.6 Å². The van der Waals surface area contributed by atoms with Crippen LogP contribution in [0, 0.1) is 5.92 Å². The van der Waals surface area contributed by atoms with Crippen LogP contribution in [-0.2, 0) is 4.79 Å². The van der Waals surface area contributed by atoms with Crippen molar-refractivity contribution in [3.05, 3.63) is 34.9 Å². The molecule has 136 valence electrons. The number of aliphatic carboxylic acids is 1. The number of likely N-dealkylation sites (tertiary alicyclic amines) is 1. The number of benzene rings is 1. The molecule has 7 heteroatoms. The fourth-order valence-electron chi connectivity index (χ4n) is 4.62. The van der Waals surface area contributed by atoms with Gasteiger partial charge >= 0.3 is 5.97 Å². The largest absolute Gasteiger partial charge is 0.480 e. The van der Waals surface area contributed by atoms with Crippen LogP contribution >= 0.6 is 0 Å². The van der Waals surface area contributed by atoms with Crippen molar-refractivity contribution in [1.29, 1.82) is 0 Å². The monoisotopic (exact) mass is 356 g/mol. The first-order valence-electron chi connectivity index (χ1n) is 8.92. The molecule has 2 heterocycles. The lowest BCUT2D eigenvalue weighted by Crippen LogP contribution is -2.46. The van der Waals surface area contributed by atoms with Gasteiger partial charge in [-0.1, -0.05) is 12.8 Å². The minimum atomic E-state index is -0.986. The zero-order chi connectivity index (χ0) is 18.6. The second-order valence-electron chi connectivity index (χ2n) is 7.34. The van der Waals surface area contributed by atoms with Crippen LogP contribution in [0.3, 0.4) is 0 Å². The van der Waals surface area contributed by atoms with Crippen molar-refractivity contribution >= 4 is 23.7 Å². The van der Waals surface area contributed by atoms with Gasteiger partial charge in [-0.15, -0.1) is 0 Å². The lowest BCUT2D eigenvalue weighted by Gasteiger charge is -2.33. The molecule has 1 aromatic rings. The molecule has 7 nitrogen and oxygen atoms in total. The molecule has 2 fully saturated rings. The molecule has 0 aromatic heterocycles. The van der Waals surface area contributed by atoms with Crippen LogP contribution in [0.25, 0.3) is 0 Å². The summed E-state index contributed by atoms with van der Waals surface area (Å²) in [5, 5.41) is 9.59. The summed E-state index contributed by atoms with van der Waals surface area (Å²) in [6.07, 6.45) is 4.29. The minimum absolute atomic E-state index is 0.0642. The van der Waals surface area contributed by atoms with Crippen molar-refractivity contribution in [2.24, 2.45) is 5.92 Å². The van der Waals surface area contributed by atoms with E-state index in [1.165, 1.54) is 30.1 Å². The van der Waals surface area contributed by atoms with Crippen LogP contribution in [0.5, 0.6) is 0 Å². The van der Waals surface area contributed by atoms with E-state index in [4.69, 9.17) is 0 Å². The first-order valence-corrected chi connectivity index (χ1v) is 8.92. The van der Waals surface area contributed by atoms with Crippen LogP contribution in [0.1, 0.15) is 63.2 Å². The predicted octanol–water partition coefficient (Wildman–Crippen LogP) is 1.77. The Morgan fingerprint density at radius 2 is 1.77 bits per heavy atom. The second-order valence-corrected chi connectivity index (χ2v) is 7.34. The third-order valence-corrected chi connectivity index (χ3v) is 5.94. The van der Waals surface area contributed by atoms with Gasteiger partial charge in [-0.25, -0.2) is 4.79 Å². The molecule has 4 rings (SSSR count). The summed E-state index contributed by atoms with van der Waals surface area (Å²) in [6.45, 7) is 0. The number of carbonyl (C=O) groups is 4. The Hall–Kier alpha value is -2.70. The molecule has 3 atom stereocenters. The third-order valence-electron chi connectivity index (χ3n) is 5.94. The molecule has 26 heavy (non-hydrogen) atoms. The quantitative estimate of drug-likeness (QED) is 0.815. The summed E-state index contributed by atoms with van der Waals surface area (Å²) in [6, 6.07) is 3.53. The number of rotatable bonds is 2. The maximum Gasteiger partial charge on any atom is 0.326 e. The van der Waals surface area contributed by atoms with Gasteiger partial charge in [-0.2, -0.15) is 0 Å². The van der Waals surface area contributed by atoms with Crippen molar-refractivity contribution in [2.45, 2.75) is 44.2 Å². The lowest BCUT2D eigenvalue weighted by atomic mass is 9.84. The summed E-state index contributed by atoms with van der Waals surface area (Å²) in [5.41, 5.74) is 0.744. The van der Waals surface area contributed by atoms with E-state index >= 15 is 0 Å². The highest BCUT2D eigenvalue weighted by atomic mass is 16.4. The van der Waals surface area contributed by atoms with Crippen molar-refractivity contribution in [1.82, 2.24) is 9.80 Å². The summed E-state index contributed by atoms with van der Waals surface area (Å²) in [7, 11) is 1.40. The molecule has 2 aliphatic heterocycles. The summed E-state index contributed by atoms with van der Waals surface area (Å²) in [4.78, 5) is 51.6. The molecule has 1 saturated heterocycles. The van der Waals surface area contributed by atoms with Gasteiger partial charge in [-0.05, 0) is 43.4 Å². The molecule has 1 aliphatic carbocycles. The first kappa shape index (κ1) is 16.8. The number of amides is 3. The average molecular weight is 356 g/mol. The Morgan fingerprint density at radius 3 is 2.50 bits per heavy atom. The number of fused-ring (bicyclic) bond motifs is 2. The molecular formula is C19H20N2O5. The van der Waals surface area contributed by atoms with E-state index in [-0.39, 0.29) is 40.5 Å². The number of carboxylic acid groups (broad SMARTS) is 1.